The van der Waals surface area contributed by atoms with Gasteiger partial charge in [-0.3, -0.25) is 4.84 Å². The molecule has 1 saturated heterocycles. The third-order valence-corrected chi connectivity index (χ3v) is 5.42. The summed E-state index contributed by atoms with van der Waals surface area (Å²) >= 11 is 0. The van der Waals surface area contributed by atoms with Crippen LogP contribution in [-0.4, -0.2) is 49.8 Å². The molecule has 2 heterocycles. The number of hydrogen-bond donors (Lipinski definition) is 1. The second kappa shape index (κ2) is 6.46. The summed E-state index contributed by atoms with van der Waals surface area (Å²) in [7, 11) is -3.20. The van der Waals surface area contributed by atoms with Crippen molar-refractivity contribution in [2.45, 2.75) is 25.8 Å². The summed E-state index contributed by atoms with van der Waals surface area (Å²) in [5.74, 6) is 0. The number of carbonyl (C=O) groups excluding carboxylic acids is 1. The van der Waals surface area contributed by atoms with Gasteiger partial charge in [-0.2, -0.15) is 4.31 Å². The van der Waals surface area contributed by atoms with Gasteiger partial charge in [-0.25, -0.2) is 18.3 Å². The molecule has 2 aliphatic heterocycles. The number of nitrogens with one attached hydrogen (secondary N) is 1. The largest absolute Gasteiger partial charge is 0.345 e. The number of sulfonamides is 1. The summed E-state index contributed by atoms with van der Waals surface area (Å²) < 4.78 is 24.8. The highest BCUT2D eigenvalue weighted by Gasteiger charge is 2.26. The van der Waals surface area contributed by atoms with Crippen LogP contribution in [0, 0.1) is 0 Å². The van der Waals surface area contributed by atoms with Crippen LogP contribution in [0.5, 0.6) is 0 Å². The van der Waals surface area contributed by atoms with Gasteiger partial charge in [0.15, 0.2) is 0 Å². The van der Waals surface area contributed by atoms with Gasteiger partial charge in [-0.05, 0) is 36.5 Å². The van der Waals surface area contributed by atoms with Crippen molar-refractivity contribution in [3.8, 4) is 0 Å². The second-order valence-corrected chi connectivity index (χ2v) is 7.84. The topological polar surface area (TPSA) is 79.0 Å². The lowest BCUT2D eigenvalue weighted by Crippen LogP contribution is -2.39. The zero-order chi connectivity index (χ0) is 16.4. The molecular formula is C15H21N3O4S. The quantitative estimate of drug-likeness (QED) is 0.887. The monoisotopic (exact) mass is 339 g/mol. The first kappa shape index (κ1) is 16.2. The number of nitrogens with zero attached hydrogens (tertiary/aromatic N) is 2. The minimum absolute atomic E-state index is 0.274. The molecule has 23 heavy (non-hydrogen) atoms. The predicted octanol–water partition coefficient (Wildman–Crippen LogP) is 1.56. The number of carbonyl (C=O) groups is 1. The van der Waals surface area contributed by atoms with E-state index in [1.165, 1.54) is 15.6 Å². The van der Waals surface area contributed by atoms with Crippen LogP contribution < -0.4 is 5.32 Å². The van der Waals surface area contributed by atoms with E-state index in [9.17, 15) is 13.2 Å². The van der Waals surface area contributed by atoms with Crippen LogP contribution in [0.3, 0.4) is 0 Å². The maximum absolute atomic E-state index is 12.3. The minimum atomic E-state index is -3.20. The molecule has 0 bridgehead atoms. The zero-order valence-corrected chi connectivity index (χ0v) is 13.9. The van der Waals surface area contributed by atoms with Gasteiger partial charge < -0.3 is 5.32 Å². The van der Waals surface area contributed by atoms with Crippen LogP contribution in [-0.2, 0) is 27.8 Å². The summed E-state index contributed by atoms with van der Waals surface area (Å²) in [6.07, 6.45) is 3.70. The van der Waals surface area contributed by atoms with E-state index in [1.54, 1.807) is 0 Å². The van der Waals surface area contributed by atoms with Crippen molar-refractivity contribution >= 4 is 21.7 Å². The number of rotatable bonds is 2. The zero-order valence-electron chi connectivity index (χ0n) is 13.1. The molecule has 7 nitrogen and oxygen atoms in total. The number of benzene rings is 1. The van der Waals surface area contributed by atoms with Crippen molar-refractivity contribution < 1.29 is 18.0 Å². The molecule has 0 atom stereocenters. The molecule has 0 spiro atoms. The smallest absolute Gasteiger partial charge is 0.306 e. The molecular weight excluding hydrogens is 318 g/mol. The molecule has 2 aliphatic rings. The first-order valence-electron chi connectivity index (χ1n) is 7.72. The number of urea groups is 1. The van der Waals surface area contributed by atoms with Gasteiger partial charge in [0.2, 0.25) is 10.0 Å². The van der Waals surface area contributed by atoms with E-state index in [-0.39, 0.29) is 6.03 Å². The van der Waals surface area contributed by atoms with E-state index in [2.05, 4.69) is 5.32 Å². The minimum Gasteiger partial charge on any atom is -0.306 e. The van der Waals surface area contributed by atoms with Crippen LogP contribution in [0.25, 0.3) is 0 Å². The summed E-state index contributed by atoms with van der Waals surface area (Å²) in [6, 6.07) is 5.30. The molecule has 1 N–H and O–H groups in total. The maximum Gasteiger partial charge on any atom is 0.345 e. The Morgan fingerprint density at radius 2 is 2.09 bits per heavy atom. The normalized spacial score (nSPS) is 19.3. The average molecular weight is 339 g/mol. The van der Waals surface area contributed by atoms with Gasteiger partial charge in [-0.15, -0.1) is 0 Å². The van der Waals surface area contributed by atoms with Crippen LogP contribution >= 0.6 is 0 Å². The van der Waals surface area contributed by atoms with Gasteiger partial charge >= 0.3 is 6.03 Å². The standard InChI is InChI=1S/C15H21N3O4S/c1-23(20,21)17-9-7-13-12(11-17)5-4-6-14(13)16-15(19)18-8-2-3-10-22-18/h4-6H,2-3,7-11H2,1H3,(H,16,19). The number of amides is 2. The van der Waals surface area contributed by atoms with Gasteiger partial charge in [-0.1, -0.05) is 12.1 Å². The predicted molar refractivity (Wildman–Crippen MR) is 86.3 cm³/mol. The fourth-order valence-corrected chi connectivity index (χ4v) is 3.71. The molecule has 8 heteroatoms. The molecule has 0 aromatic heterocycles. The fraction of sp³-hybridized carbons (Fsp3) is 0.533. The third kappa shape index (κ3) is 3.65. The van der Waals surface area contributed by atoms with E-state index in [1.807, 2.05) is 18.2 Å². The lowest BCUT2D eigenvalue weighted by atomic mass is 9.99. The fourth-order valence-electron chi connectivity index (χ4n) is 2.92. The molecule has 0 unspecified atom stereocenters. The lowest BCUT2D eigenvalue weighted by Gasteiger charge is -2.29. The van der Waals surface area contributed by atoms with Crippen molar-refractivity contribution in [3.63, 3.8) is 0 Å². The van der Waals surface area contributed by atoms with Crippen molar-refractivity contribution in [1.82, 2.24) is 9.37 Å². The van der Waals surface area contributed by atoms with Crippen molar-refractivity contribution in [1.29, 1.82) is 0 Å². The molecule has 0 saturated carbocycles. The Labute approximate surface area is 136 Å². The molecule has 2 amide bonds. The van der Waals surface area contributed by atoms with E-state index < -0.39 is 10.0 Å². The highest BCUT2D eigenvalue weighted by Crippen LogP contribution is 2.27. The Hall–Kier alpha value is -1.64. The second-order valence-electron chi connectivity index (χ2n) is 5.86. The molecule has 1 fully saturated rings. The van der Waals surface area contributed by atoms with Crippen molar-refractivity contribution in [2.75, 3.05) is 31.3 Å². The molecule has 3 rings (SSSR count). The Bertz CT molecular complexity index is 699. The molecule has 0 aliphatic carbocycles. The van der Waals surface area contributed by atoms with Crippen LogP contribution in [0.2, 0.25) is 0 Å². The highest BCUT2D eigenvalue weighted by molar-refractivity contribution is 7.88. The number of hydroxylamine groups is 2. The Morgan fingerprint density at radius 1 is 1.26 bits per heavy atom. The van der Waals surface area contributed by atoms with E-state index in [0.717, 1.165) is 29.7 Å². The van der Waals surface area contributed by atoms with E-state index in [0.29, 0.717) is 32.7 Å². The van der Waals surface area contributed by atoms with Crippen LogP contribution in [0.1, 0.15) is 24.0 Å². The maximum atomic E-state index is 12.3. The lowest BCUT2D eigenvalue weighted by molar-refractivity contribution is -0.135. The van der Waals surface area contributed by atoms with Gasteiger partial charge in [0.05, 0.1) is 19.4 Å². The van der Waals surface area contributed by atoms with Gasteiger partial charge in [0.1, 0.15) is 0 Å². The summed E-state index contributed by atoms with van der Waals surface area (Å²) in [4.78, 5) is 17.6. The molecule has 1 aromatic carbocycles. The summed E-state index contributed by atoms with van der Waals surface area (Å²) in [5.41, 5.74) is 2.66. The molecule has 126 valence electrons. The van der Waals surface area contributed by atoms with Crippen LogP contribution in [0.15, 0.2) is 18.2 Å². The molecule has 0 radical (unpaired) electrons. The van der Waals surface area contributed by atoms with Crippen LogP contribution in [0.4, 0.5) is 10.5 Å². The number of hydrogen-bond acceptors (Lipinski definition) is 4. The number of fused-ring (bicyclic) bond motifs is 1. The highest BCUT2D eigenvalue weighted by atomic mass is 32.2. The molecule has 1 aromatic rings. The van der Waals surface area contributed by atoms with Crippen molar-refractivity contribution in [2.24, 2.45) is 0 Å². The first-order chi connectivity index (χ1) is 10.9. The number of anilines is 1. The van der Waals surface area contributed by atoms with E-state index >= 15 is 0 Å². The Balaban J connectivity index is 1.76. The Morgan fingerprint density at radius 3 is 2.78 bits per heavy atom. The first-order valence-corrected chi connectivity index (χ1v) is 9.57. The van der Waals surface area contributed by atoms with E-state index in [4.69, 9.17) is 4.84 Å². The van der Waals surface area contributed by atoms with Gasteiger partial charge in [0, 0.05) is 18.8 Å². The Kier molecular flexibility index (Phi) is 4.56. The van der Waals surface area contributed by atoms with Crippen molar-refractivity contribution in [3.05, 3.63) is 29.3 Å². The summed E-state index contributed by atoms with van der Waals surface area (Å²) in [5, 5.41) is 4.24. The SMILES string of the molecule is CS(=O)(=O)N1CCc2c(cccc2NC(=O)N2CCCCO2)C1. The average Bonchev–Trinajstić information content (AvgIpc) is 2.54. The van der Waals surface area contributed by atoms with Gasteiger partial charge in [0.25, 0.3) is 0 Å². The third-order valence-electron chi connectivity index (χ3n) is 4.17. The summed E-state index contributed by atoms with van der Waals surface area (Å²) in [6.45, 7) is 1.92.